The van der Waals surface area contributed by atoms with E-state index >= 15 is 0 Å². The Kier molecular flexibility index (Phi) is 7.27. The molecule has 1 fully saturated rings. The molecule has 1 saturated heterocycles. The maximum absolute atomic E-state index is 11.9. The van der Waals surface area contributed by atoms with Crippen LogP contribution in [0.15, 0.2) is 41.8 Å². The highest BCUT2D eigenvalue weighted by atomic mass is 32.1. The molecule has 2 N–H and O–H groups in total. The molecule has 1 aliphatic heterocycles. The van der Waals surface area contributed by atoms with E-state index in [1.165, 1.54) is 0 Å². The number of benzene rings is 1. The molecule has 2 amide bonds. The van der Waals surface area contributed by atoms with Gasteiger partial charge in [-0.05, 0) is 23.6 Å². The second kappa shape index (κ2) is 10.1. The minimum absolute atomic E-state index is 0.384. The summed E-state index contributed by atoms with van der Waals surface area (Å²) in [4.78, 5) is 29.3. The fraction of sp³-hybridized carbons (Fsp3) is 0.400. The number of hydrogen-bond acceptors (Lipinski definition) is 6. The van der Waals surface area contributed by atoms with Crippen LogP contribution in [0.5, 0.6) is 5.75 Å². The van der Waals surface area contributed by atoms with E-state index in [4.69, 9.17) is 4.74 Å². The Morgan fingerprint density at radius 2 is 1.79 bits per heavy atom. The summed E-state index contributed by atoms with van der Waals surface area (Å²) in [7, 11) is 1.69. The average molecular weight is 403 g/mol. The Balaban J connectivity index is 1.35. The molecular weight excluding hydrogens is 376 g/mol. The number of nitrogens with one attached hydrogen (secondary N) is 2. The van der Waals surface area contributed by atoms with Gasteiger partial charge in [-0.3, -0.25) is 14.5 Å². The van der Waals surface area contributed by atoms with E-state index in [1.54, 1.807) is 18.4 Å². The molecule has 0 unspecified atom stereocenters. The number of piperazine rings is 1. The van der Waals surface area contributed by atoms with Crippen LogP contribution in [0.4, 0.5) is 5.69 Å². The lowest BCUT2D eigenvalue weighted by Gasteiger charge is -2.36. The van der Waals surface area contributed by atoms with Crippen LogP contribution in [0.3, 0.4) is 0 Å². The second-order valence-electron chi connectivity index (χ2n) is 6.52. The number of rotatable bonds is 7. The number of para-hydroxylation sites is 2. The predicted octanol–water partition coefficient (Wildman–Crippen LogP) is 1.31. The van der Waals surface area contributed by atoms with Gasteiger partial charge in [0.25, 0.3) is 0 Å². The summed E-state index contributed by atoms with van der Waals surface area (Å²) in [5, 5.41) is 7.27. The van der Waals surface area contributed by atoms with Crippen molar-refractivity contribution in [3.05, 3.63) is 46.7 Å². The molecule has 0 spiro atoms. The molecule has 0 radical (unpaired) electrons. The van der Waals surface area contributed by atoms with Gasteiger partial charge in [0.2, 0.25) is 0 Å². The quantitative estimate of drug-likeness (QED) is 0.683. The number of anilines is 1. The standard InChI is InChI=1S/C20H26N4O3S/c1-27-18-7-3-2-6-17(18)24-12-10-23(11-13-24)9-8-21-19(25)20(26)22-15-16-5-4-14-28-16/h2-7,14H,8-13,15H2,1H3,(H,21,25)(H,22,26). The summed E-state index contributed by atoms with van der Waals surface area (Å²) in [6.45, 7) is 5.17. The molecule has 150 valence electrons. The Hall–Kier alpha value is -2.58. The van der Waals surface area contributed by atoms with Crippen molar-refractivity contribution in [2.24, 2.45) is 0 Å². The number of thiophene rings is 1. The molecule has 2 heterocycles. The van der Waals surface area contributed by atoms with Crippen molar-refractivity contribution >= 4 is 28.8 Å². The van der Waals surface area contributed by atoms with Crippen molar-refractivity contribution in [3.63, 3.8) is 0 Å². The minimum Gasteiger partial charge on any atom is -0.495 e. The molecular formula is C20H26N4O3S. The van der Waals surface area contributed by atoms with Crippen molar-refractivity contribution in [2.45, 2.75) is 6.54 Å². The van der Waals surface area contributed by atoms with Crippen LogP contribution in [-0.2, 0) is 16.1 Å². The third kappa shape index (κ3) is 5.46. The largest absolute Gasteiger partial charge is 0.495 e. The molecule has 1 aliphatic rings. The highest BCUT2D eigenvalue weighted by molar-refractivity contribution is 7.09. The van der Waals surface area contributed by atoms with Gasteiger partial charge in [0, 0.05) is 44.1 Å². The van der Waals surface area contributed by atoms with Crippen molar-refractivity contribution in [1.29, 1.82) is 0 Å². The highest BCUT2D eigenvalue weighted by Crippen LogP contribution is 2.28. The van der Waals surface area contributed by atoms with Crippen LogP contribution >= 0.6 is 11.3 Å². The maximum Gasteiger partial charge on any atom is 0.309 e. The van der Waals surface area contributed by atoms with E-state index in [9.17, 15) is 9.59 Å². The average Bonchev–Trinajstić information content (AvgIpc) is 3.26. The zero-order valence-corrected chi connectivity index (χ0v) is 16.8. The van der Waals surface area contributed by atoms with E-state index in [-0.39, 0.29) is 0 Å². The first-order chi connectivity index (χ1) is 13.7. The van der Waals surface area contributed by atoms with E-state index in [0.29, 0.717) is 13.1 Å². The van der Waals surface area contributed by atoms with Crippen molar-refractivity contribution < 1.29 is 14.3 Å². The van der Waals surface area contributed by atoms with Gasteiger partial charge in [-0.1, -0.05) is 18.2 Å². The Morgan fingerprint density at radius 1 is 1.04 bits per heavy atom. The fourth-order valence-electron chi connectivity index (χ4n) is 3.17. The Labute approximate surface area is 169 Å². The van der Waals surface area contributed by atoms with Gasteiger partial charge in [-0.25, -0.2) is 0 Å². The van der Waals surface area contributed by atoms with Crippen molar-refractivity contribution in [3.8, 4) is 5.75 Å². The molecule has 0 aliphatic carbocycles. The van der Waals surface area contributed by atoms with Crippen LogP contribution in [0.1, 0.15) is 4.88 Å². The van der Waals surface area contributed by atoms with Crippen LogP contribution in [0.2, 0.25) is 0 Å². The number of methoxy groups -OCH3 is 1. The zero-order chi connectivity index (χ0) is 19.8. The molecule has 1 aromatic heterocycles. The predicted molar refractivity (Wildman–Crippen MR) is 111 cm³/mol. The molecule has 3 rings (SSSR count). The molecule has 0 atom stereocenters. The van der Waals surface area contributed by atoms with Gasteiger partial charge in [0.15, 0.2) is 0 Å². The summed E-state index contributed by atoms with van der Waals surface area (Å²) in [6, 6.07) is 11.9. The van der Waals surface area contributed by atoms with Crippen LogP contribution in [0.25, 0.3) is 0 Å². The van der Waals surface area contributed by atoms with Gasteiger partial charge in [-0.15, -0.1) is 11.3 Å². The molecule has 8 heteroatoms. The van der Waals surface area contributed by atoms with Gasteiger partial charge in [0.05, 0.1) is 19.3 Å². The number of amides is 2. The summed E-state index contributed by atoms with van der Waals surface area (Å²) in [6.07, 6.45) is 0. The molecule has 0 bridgehead atoms. The second-order valence-corrected chi connectivity index (χ2v) is 7.55. The van der Waals surface area contributed by atoms with Crippen LogP contribution < -0.4 is 20.3 Å². The summed E-state index contributed by atoms with van der Waals surface area (Å²) >= 11 is 1.55. The lowest BCUT2D eigenvalue weighted by Crippen LogP contribution is -2.49. The molecule has 2 aromatic rings. The van der Waals surface area contributed by atoms with Crippen LogP contribution in [-0.4, -0.2) is 63.1 Å². The van der Waals surface area contributed by atoms with Crippen molar-refractivity contribution in [2.75, 3.05) is 51.3 Å². The third-order valence-corrected chi connectivity index (χ3v) is 5.60. The molecule has 1 aromatic carbocycles. The van der Waals surface area contributed by atoms with E-state index < -0.39 is 11.8 Å². The van der Waals surface area contributed by atoms with Gasteiger partial charge in [0.1, 0.15) is 5.75 Å². The first-order valence-electron chi connectivity index (χ1n) is 9.36. The monoisotopic (exact) mass is 402 g/mol. The summed E-state index contributed by atoms with van der Waals surface area (Å²) < 4.78 is 5.44. The van der Waals surface area contributed by atoms with E-state index in [2.05, 4.69) is 26.5 Å². The van der Waals surface area contributed by atoms with Gasteiger partial charge in [-0.2, -0.15) is 0 Å². The summed E-state index contributed by atoms with van der Waals surface area (Å²) in [5.41, 5.74) is 1.11. The minimum atomic E-state index is -0.589. The zero-order valence-electron chi connectivity index (χ0n) is 16.0. The normalized spacial score (nSPS) is 14.5. The summed E-state index contributed by atoms with van der Waals surface area (Å²) in [5.74, 6) is -0.282. The number of nitrogens with zero attached hydrogens (tertiary/aromatic N) is 2. The first-order valence-corrected chi connectivity index (χ1v) is 10.2. The SMILES string of the molecule is COc1ccccc1N1CCN(CCNC(=O)C(=O)NCc2cccs2)CC1. The number of hydrogen-bond donors (Lipinski definition) is 2. The lowest BCUT2D eigenvalue weighted by atomic mass is 10.2. The molecule has 0 saturated carbocycles. The number of carbonyl (C=O) groups is 2. The maximum atomic E-state index is 11.9. The Bertz CT molecular complexity index is 774. The molecule has 28 heavy (non-hydrogen) atoms. The number of carbonyl (C=O) groups excluding carboxylic acids is 2. The number of ether oxygens (including phenoxy) is 1. The van der Waals surface area contributed by atoms with E-state index in [1.807, 2.05) is 35.7 Å². The van der Waals surface area contributed by atoms with E-state index in [0.717, 1.165) is 49.0 Å². The Morgan fingerprint density at radius 3 is 2.50 bits per heavy atom. The fourth-order valence-corrected chi connectivity index (χ4v) is 3.82. The van der Waals surface area contributed by atoms with Gasteiger partial charge >= 0.3 is 11.8 Å². The smallest absolute Gasteiger partial charge is 0.309 e. The topological polar surface area (TPSA) is 73.9 Å². The van der Waals surface area contributed by atoms with Crippen molar-refractivity contribution in [1.82, 2.24) is 15.5 Å². The molecule has 7 nitrogen and oxygen atoms in total. The highest BCUT2D eigenvalue weighted by Gasteiger charge is 2.20. The first kappa shape index (κ1) is 20.2. The van der Waals surface area contributed by atoms with Crippen LogP contribution in [0, 0.1) is 0 Å². The van der Waals surface area contributed by atoms with Gasteiger partial charge < -0.3 is 20.3 Å². The third-order valence-electron chi connectivity index (χ3n) is 4.72. The lowest BCUT2D eigenvalue weighted by molar-refractivity contribution is -0.139.